The minimum absolute atomic E-state index is 0.0512. The molecule has 5 rings (SSSR count). The van der Waals surface area contributed by atoms with Gasteiger partial charge in [-0.3, -0.25) is 0 Å². The Labute approximate surface area is 181 Å². The van der Waals surface area contributed by atoms with Crippen LogP contribution in [0.2, 0.25) is 5.02 Å². The number of nitrogens with zero attached hydrogens (tertiary/aromatic N) is 2. The Balaban J connectivity index is 1.64. The Morgan fingerprint density at radius 2 is 1.97 bits per heavy atom. The number of methoxy groups -OCH3 is 1. The standard InChI is InChI=1S/C23H17ClN4O3/c1-30-22-10-13(6-8-19(22)29)21-12-18(15-11-14(24)7-9-20(15)31-21)27-28-23-25-16-4-2-3-5-17(16)26-23/h2-12,29H,1H3,(H2,25,26,28)/b27-18+. The molecule has 3 aromatic carbocycles. The number of ether oxygens (including phenoxy) is 1. The second-order valence-corrected chi connectivity index (χ2v) is 7.29. The predicted molar refractivity (Wildman–Crippen MR) is 120 cm³/mol. The fraction of sp³-hybridized carbons (Fsp3) is 0.0435. The van der Waals surface area contributed by atoms with Gasteiger partial charge in [0.25, 0.3) is 0 Å². The third-order valence-corrected chi connectivity index (χ3v) is 5.08. The van der Waals surface area contributed by atoms with Crippen molar-refractivity contribution in [3.63, 3.8) is 0 Å². The normalized spacial score (nSPS) is 11.9. The predicted octanol–water partition coefficient (Wildman–Crippen LogP) is 5.27. The summed E-state index contributed by atoms with van der Waals surface area (Å²) >= 11 is 6.21. The van der Waals surface area contributed by atoms with E-state index in [1.807, 2.05) is 24.3 Å². The van der Waals surface area contributed by atoms with Gasteiger partial charge in [0.05, 0.1) is 23.5 Å². The average Bonchev–Trinajstić information content (AvgIpc) is 3.21. The van der Waals surface area contributed by atoms with Crippen molar-refractivity contribution in [3.05, 3.63) is 77.1 Å². The van der Waals surface area contributed by atoms with Crippen molar-refractivity contribution in [1.82, 2.24) is 9.97 Å². The minimum atomic E-state index is 0.0512. The van der Waals surface area contributed by atoms with Gasteiger partial charge in [-0.25, -0.2) is 10.4 Å². The number of H-pyrrole nitrogens is 1. The van der Waals surface area contributed by atoms with Crippen molar-refractivity contribution in [1.29, 1.82) is 0 Å². The van der Waals surface area contributed by atoms with Crippen LogP contribution in [0.25, 0.3) is 33.3 Å². The van der Waals surface area contributed by atoms with Crippen molar-refractivity contribution in [2.24, 2.45) is 5.10 Å². The molecule has 0 aliphatic heterocycles. The number of hydrogen-bond donors (Lipinski definition) is 3. The smallest absolute Gasteiger partial charge is 0.222 e. The second-order valence-electron chi connectivity index (χ2n) is 6.85. The molecule has 5 aromatic rings. The highest BCUT2D eigenvalue weighted by atomic mass is 35.5. The Hall–Kier alpha value is -3.97. The lowest BCUT2D eigenvalue weighted by molar-refractivity contribution is 0.373. The number of phenolic OH excluding ortho intramolecular Hbond substituents is 1. The van der Waals surface area contributed by atoms with E-state index in [2.05, 4.69) is 20.5 Å². The lowest BCUT2D eigenvalue weighted by atomic mass is 10.1. The molecule has 0 saturated heterocycles. The van der Waals surface area contributed by atoms with Gasteiger partial charge in [0, 0.05) is 22.0 Å². The first kappa shape index (κ1) is 19.0. The van der Waals surface area contributed by atoms with Gasteiger partial charge in [-0.1, -0.05) is 23.7 Å². The van der Waals surface area contributed by atoms with E-state index in [0.717, 1.165) is 22.0 Å². The molecule has 0 bridgehead atoms. The number of imidazole rings is 1. The maximum atomic E-state index is 9.90. The summed E-state index contributed by atoms with van der Waals surface area (Å²) in [6, 6.07) is 19.9. The summed E-state index contributed by atoms with van der Waals surface area (Å²) in [5, 5.41) is 16.4. The van der Waals surface area contributed by atoms with Crippen LogP contribution in [0.5, 0.6) is 11.5 Å². The van der Waals surface area contributed by atoms with Gasteiger partial charge in [0.1, 0.15) is 11.3 Å². The average molecular weight is 433 g/mol. The fourth-order valence-electron chi connectivity index (χ4n) is 3.33. The van der Waals surface area contributed by atoms with Crippen LogP contribution in [0.1, 0.15) is 0 Å². The zero-order valence-corrected chi connectivity index (χ0v) is 17.1. The SMILES string of the molecule is COc1cc(-c2c/c(=N\Nc3nc4ccccc4[nH]3)c3cc(Cl)ccc3o2)ccc1O. The molecule has 2 aromatic heterocycles. The van der Waals surface area contributed by atoms with Crippen molar-refractivity contribution in [2.75, 3.05) is 12.5 Å². The van der Waals surface area contributed by atoms with Crippen LogP contribution in [0.15, 0.2) is 76.2 Å². The molecule has 31 heavy (non-hydrogen) atoms. The molecule has 0 spiro atoms. The highest BCUT2D eigenvalue weighted by Gasteiger charge is 2.10. The number of halogens is 1. The summed E-state index contributed by atoms with van der Waals surface area (Å²) < 4.78 is 11.3. The highest BCUT2D eigenvalue weighted by Crippen LogP contribution is 2.32. The fourth-order valence-corrected chi connectivity index (χ4v) is 3.50. The summed E-state index contributed by atoms with van der Waals surface area (Å²) in [5.74, 6) is 1.47. The largest absolute Gasteiger partial charge is 0.504 e. The first-order chi connectivity index (χ1) is 15.1. The monoisotopic (exact) mass is 432 g/mol. The number of aromatic hydroxyl groups is 1. The quantitative estimate of drug-likeness (QED) is 0.336. The van der Waals surface area contributed by atoms with Crippen molar-refractivity contribution in [2.45, 2.75) is 0 Å². The summed E-state index contributed by atoms with van der Waals surface area (Å²) in [4.78, 5) is 7.67. The lowest BCUT2D eigenvalue weighted by Crippen LogP contribution is -2.08. The van der Waals surface area contributed by atoms with Crippen LogP contribution in [0.3, 0.4) is 0 Å². The first-order valence-corrected chi connectivity index (χ1v) is 9.84. The molecule has 0 unspecified atom stereocenters. The molecule has 0 atom stereocenters. The molecule has 0 saturated carbocycles. The Kier molecular flexibility index (Phi) is 4.72. The van der Waals surface area contributed by atoms with Crippen molar-refractivity contribution < 1.29 is 14.3 Å². The molecule has 7 nitrogen and oxygen atoms in total. The van der Waals surface area contributed by atoms with E-state index in [0.29, 0.717) is 33.4 Å². The summed E-state index contributed by atoms with van der Waals surface area (Å²) in [6.07, 6.45) is 0. The number of hydrogen-bond acceptors (Lipinski definition) is 6. The van der Waals surface area contributed by atoms with E-state index in [9.17, 15) is 5.11 Å². The number of phenols is 1. The summed E-state index contributed by atoms with van der Waals surface area (Å²) in [7, 11) is 1.50. The number of benzene rings is 3. The minimum Gasteiger partial charge on any atom is -0.504 e. The van der Waals surface area contributed by atoms with Crippen molar-refractivity contribution in [3.8, 4) is 22.8 Å². The summed E-state index contributed by atoms with van der Waals surface area (Å²) in [6.45, 7) is 0. The van der Waals surface area contributed by atoms with Crippen LogP contribution in [-0.4, -0.2) is 22.2 Å². The maximum Gasteiger partial charge on any atom is 0.222 e. The van der Waals surface area contributed by atoms with Gasteiger partial charge in [-0.2, -0.15) is 5.10 Å². The molecule has 2 heterocycles. The van der Waals surface area contributed by atoms with Gasteiger partial charge >= 0.3 is 0 Å². The zero-order chi connectivity index (χ0) is 21.4. The molecule has 0 aliphatic rings. The molecule has 3 N–H and O–H groups in total. The molecule has 0 fully saturated rings. The number of aromatic nitrogens is 2. The maximum absolute atomic E-state index is 9.90. The molecule has 0 aliphatic carbocycles. The van der Waals surface area contributed by atoms with Crippen LogP contribution in [0, 0.1) is 0 Å². The Bertz CT molecular complexity index is 1460. The van der Waals surface area contributed by atoms with Gasteiger partial charge < -0.3 is 19.2 Å². The van der Waals surface area contributed by atoms with Crippen LogP contribution in [-0.2, 0) is 0 Å². The van der Waals surface area contributed by atoms with E-state index < -0.39 is 0 Å². The molecular weight excluding hydrogens is 416 g/mol. The van der Waals surface area contributed by atoms with E-state index in [-0.39, 0.29) is 5.75 Å². The van der Waals surface area contributed by atoms with E-state index >= 15 is 0 Å². The highest BCUT2D eigenvalue weighted by molar-refractivity contribution is 6.31. The number of nitrogens with one attached hydrogen (secondary N) is 2. The van der Waals surface area contributed by atoms with E-state index in [4.69, 9.17) is 20.8 Å². The number of para-hydroxylation sites is 2. The van der Waals surface area contributed by atoms with Gasteiger partial charge in [0.15, 0.2) is 11.5 Å². The van der Waals surface area contributed by atoms with E-state index in [1.54, 1.807) is 42.5 Å². The van der Waals surface area contributed by atoms with Gasteiger partial charge in [-0.05, 0) is 48.5 Å². The lowest BCUT2D eigenvalue weighted by Gasteiger charge is -2.08. The summed E-state index contributed by atoms with van der Waals surface area (Å²) in [5.41, 5.74) is 6.07. The Morgan fingerprint density at radius 1 is 1.10 bits per heavy atom. The van der Waals surface area contributed by atoms with Crippen LogP contribution < -0.4 is 15.5 Å². The molecule has 154 valence electrons. The number of fused-ring (bicyclic) bond motifs is 2. The van der Waals surface area contributed by atoms with Crippen LogP contribution in [0.4, 0.5) is 5.95 Å². The van der Waals surface area contributed by atoms with Crippen molar-refractivity contribution >= 4 is 39.6 Å². The second kappa shape index (κ2) is 7.70. The molecular formula is C23H17ClN4O3. The topological polar surface area (TPSA) is 95.7 Å². The third kappa shape index (κ3) is 3.67. The molecule has 0 radical (unpaired) electrons. The first-order valence-electron chi connectivity index (χ1n) is 9.46. The van der Waals surface area contributed by atoms with Crippen LogP contribution >= 0.6 is 11.6 Å². The Morgan fingerprint density at radius 3 is 2.81 bits per heavy atom. The van der Waals surface area contributed by atoms with Gasteiger partial charge in [-0.15, -0.1) is 0 Å². The zero-order valence-electron chi connectivity index (χ0n) is 16.4. The molecule has 8 heteroatoms. The number of aromatic amines is 1. The van der Waals surface area contributed by atoms with Gasteiger partial charge in [0.2, 0.25) is 5.95 Å². The third-order valence-electron chi connectivity index (χ3n) is 4.84. The van der Waals surface area contributed by atoms with E-state index in [1.165, 1.54) is 7.11 Å². The molecule has 0 amide bonds. The number of anilines is 1. The number of rotatable bonds is 4.